The number of rotatable bonds is 6. The molecule has 1 aliphatic carbocycles. The van der Waals surface area contributed by atoms with Crippen LogP contribution < -0.4 is 4.74 Å². The molecule has 0 N–H and O–H groups in total. The van der Waals surface area contributed by atoms with Gasteiger partial charge >= 0.3 is 5.97 Å². The Bertz CT molecular complexity index is 569. The lowest BCUT2D eigenvalue weighted by atomic mass is 9.96. The summed E-state index contributed by atoms with van der Waals surface area (Å²) in [5, 5.41) is 0. The number of alkyl halides is 2. The molecule has 0 spiro atoms. The summed E-state index contributed by atoms with van der Waals surface area (Å²) < 4.78 is 40.2. The standard InChI is InChI=1S/C16H18F2O4/c1-10(15(17)18)16(19)22-14-6-4-11-7-13(21-9-20-2)5-3-12(11)8-14/h3,5,7-8,10,15H,4,6,9H2,1-2H3. The van der Waals surface area contributed by atoms with Crippen molar-refractivity contribution >= 4 is 12.0 Å². The van der Waals surface area contributed by atoms with Crippen LogP contribution in [0, 0.1) is 5.92 Å². The van der Waals surface area contributed by atoms with Crippen LogP contribution in [-0.4, -0.2) is 26.3 Å². The second-order valence-electron chi connectivity index (χ2n) is 5.07. The average Bonchev–Trinajstić information content (AvgIpc) is 2.51. The zero-order valence-corrected chi connectivity index (χ0v) is 12.5. The molecule has 1 unspecified atom stereocenters. The van der Waals surface area contributed by atoms with Crippen molar-refractivity contribution in [2.24, 2.45) is 5.92 Å². The van der Waals surface area contributed by atoms with Crippen molar-refractivity contribution in [1.82, 2.24) is 0 Å². The minimum absolute atomic E-state index is 0.170. The van der Waals surface area contributed by atoms with Crippen molar-refractivity contribution in [2.45, 2.75) is 26.2 Å². The minimum atomic E-state index is -2.72. The van der Waals surface area contributed by atoms with E-state index in [1.165, 1.54) is 0 Å². The molecule has 0 heterocycles. The lowest BCUT2D eigenvalue weighted by molar-refractivity contribution is -0.148. The van der Waals surface area contributed by atoms with Crippen LogP contribution in [0.2, 0.25) is 0 Å². The van der Waals surface area contributed by atoms with Gasteiger partial charge in [0.05, 0.1) is 0 Å². The van der Waals surface area contributed by atoms with E-state index >= 15 is 0 Å². The molecule has 4 nitrogen and oxygen atoms in total. The van der Waals surface area contributed by atoms with Gasteiger partial charge in [-0.3, -0.25) is 4.79 Å². The van der Waals surface area contributed by atoms with Crippen LogP contribution in [0.5, 0.6) is 5.75 Å². The SMILES string of the molecule is COCOc1ccc2c(c1)CCC(OC(=O)C(C)C(F)F)=C2. The van der Waals surface area contributed by atoms with Crippen molar-refractivity contribution < 1.29 is 27.8 Å². The molecular weight excluding hydrogens is 294 g/mol. The summed E-state index contributed by atoms with van der Waals surface area (Å²) in [5.41, 5.74) is 1.94. The number of esters is 1. The van der Waals surface area contributed by atoms with E-state index in [0.29, 0.717) is 24.4 Å². The first-order valence-electron chi connectivity index (χ1n) is 6.96. The molecule has 0 radical (unpaired) electrons. The number of allylic oxidation sites excluding steroid dienone is 1. The van der Waals surface area contributed by atoms with Crippen LogP contribution in [0.4, 0.5) is 8.78 Å². The topological polar surface area (TPSA) is 44.8 Å². The summed E-state index contributed by atoms with van der Waals surface area (Å²) in [6.07, 6.45) is 0.128. The minimum Gasteiger partial charge on any atom is -0.468 e. The second-order valence-corrected chi connectivity index (χ2v) is 5.07. The highest BCUT2D eigenvalue weighted by Crippen LogP contribution is 2.28. The third-order valence-corrected chi connectivity index (χ3v) is 3.40. The van der Waals surface area contributed by atoms with E-state index in [0.717, 1.165) is 18.1 Å². The van der Waals surface area contributed by atoms with Crippen molar-refractivity contribution in [3.05, 3.63) is 35.1 Å². The van der Waals surface area contributed by atoms with Gasteiger partial charge in [-0.05, 0) is 42.7 Å². The molecule has 0 aromatic heterocycles. The van der Waals surface area contributed by atoms with Gasteiger partial charge in [0.1, 0.15) is 17.4 Å². The summed E-state index contributed by atoms with van der Waals surface area (Å²) in [7, 11) is 1.54. The normalized spacial score (nSPS) is 15.0. The van der Waals surface area contributed by atoms with Crippen LogP contribution in [0.3, 0.4) is 0 Å². The maximum atomic E-state index is 12.5. The average molecular weight is 312 g/mol. The molecule has 2 rings (SSSR count). The quantitative estimate of drug-likeness (QED) is 0.596. The number of hydrogen-bond donors (Lipinski definition) is 0. The van der Waals surface area contributed by atoms with Gasteiger partial charge in [0.15, 0.2) is 6.79 Å². The molecule has 0 fully saturated rings. The van der Waals surface area contributed by atoms with Gasteiger partial charge in [-0.15, -0.1) is 0 Å². The molecule has 0 saturated heterocycles. The Hall–Kier alpha value is -1.95. The van der Waals surface area contributed by atoms with E-state index in [2.05, 4.69) is 0 Å². The maximum Gasteiger partial charge on any atom is 0.319 e. The molecule has 1 aliphatic rings. The van der Waals surface area contributed by atoms with Crippen LogP contribution in [0.1, 0.15) is 24.5 Å². The zero-order valence-electron chi connectivity index (χ0n) is 12.5. The first-order valence-corrected chi connectivity index (χ1v) is 6.96. The second kappa shape index (κ2) is 7.35. The van der Waals surface area contributed by atoms with E-state index in [1.807, 2.05) is 12.1 Å². The van der Waals surface area contributed by atoms with Gasteiger partial charge in [0.2, 0.25) is 0 Å². The number of aryl methyl sites for hydroxylation is 1. The predicted octanol–water partition coefficient (Wildman–Crippen LogP) is 3.40. The summed E-state index contributed by atoms with van der Waals surface area (Å²) >= 11 is 0. The van der Waals surface area contributed by atoms with Crippen LogP contribution in [0.25, 0.3) is 6.08 Å². The Kier molecular flexibility index (Phi) is 5.49. The van der Waals surface area contributed by atoms with Gasteiger partial charge in [0, 0.05) is 13.5 Å². The predicted molar refractivity (Wildman–Crippen MR) is 76.5 cm³/mol. The van der Waals surface area contributed by atoms with Crippen molar-refractivity contribution in [2.75, 3.05) is 13.9 Å². The number of methoxy groups -OCH3 is 1. The third kappa shape index (κ3) is 4.04. The number of carbonyl (C=O) groups excluding carboxylic acids is 1. The van der Waals surface area contributed by atoms with Gasteiger partial charge in [-0.1, -0.05) is 6.07 Å². The van der Waals surface area contributed by atoms with Gasteiger partial charge in [-0.25, -0.2) is 8.78 Å². The molecule has 1 atom stereocenters. The van der Waals surface area contributed by atoms with E-state index in [-0.39, 0.29) is 6.79 Å². The highest BCUT2D eigenvalue weighted by atomic mass is 19.3. The Morgan fingerprint density at radius 3 is 2.77 bits per heavy atom. The molecule has 0 amide bonds. The van der Waals surface area contributed by atoms with Gasteiger partial charge in [-0.2, -0.15) is 0 Å². The third-order valence-electron chi connectivity index (χ3n) is 3.40. The smallest absolute Gasteiger partial charge is 0.319 e. The van der Waals surface area contributed by atoms with Crippen molar-refractivity contribution in [3.8, 4) is 5.75 Å². The zero-order chi connectivity index (χ0) is 16.1. The Balaban J connectivity index is 2.06. The molecular formula is C16H18F2O4. The molecule has 0 aliphatic heterocycles. The van der Waals surface area contributed by atoms with E-state index in [4.69, 9.17) is 14.2 Å². The Morgan fingerprint density at radius 1 is 1.32 bits per heavy atom. The lowest BCUT2D eigenvalue weighted by Gasteiger charge is -2.18. The molecule has 0 saturated carbocycles. The summed E-state index contributed by atoms with van der Waals surface area (Å²) in [6, 6.07) is 5.51. The van der Waals surface area contributed by atoms with E-state index in [1.54, 1.807) is 19.3 Å². The number of hydrogen-bond acceptors (Lipinski definition) is 4. The first-order chi connectivity index (χ1) is 10.5. The largest absolute Gasteiger partial charge is 0.468 e. The summed E-state index contributed by atoms with van der Waals surface area (Å²) in [5.74, 6) is -1.21. The molecule has 22 heavy (non-hydrogen) atoms. The molecule has 6 heteroatoms. The fraction of sp³-hybridized carbons (Fsp3) is 0.438. The Labute approximate surface area is 127 Å². The summed E-state index contributed by atoms with van der Waals surface area (Å²) in [6.45, 7) is 1.33. The lowest BCUT2D eigenvalue weighted by Crippen LogP contribution is -2.21. The molecule has 120 valence electrons. The van der Waals surface area contributed by atoms with Crippen LogP contribution in [0.15, 0.2) is 24.0 Å². The highest BCUT2D eigenvalue weighted by Gasteiger charge is 2.26. The number of benzene rings is 1. The van der Waals surface area contributed by atoms with Gasteiger partial charge < -0.3 is 14.2 Å². The highest BCUT2D eigenvalue weighted by molar-refractivity contribution is 5.75. The number of fused-ring (bicyclic) bond motifs is 1. The Morgan fingerprint density at radius 2 is 2.09 bits per heavy atom. The van der Waals surface area contributed by atoms with Gasteiger partial charge in [0.25, 0.3) is 6.43 Å². The molecule has 0 bridgehead atoms. The number of carbonyl (C=O) groups is 1. The fourth-order valence-corrected chi connectivity index (χ4v) is 2.07. The summed E-state index contributed by atoms with van der Waals surface area (Å²) in [4.78, 5) is 11.6. The fourth-order valence-electron chi connectivity index (χ4n) is 2.07. The van der Waals surface area contributed by atoms with Crippen molar-refractivity contribution in [1.29, 1.82) is 0 Å². The van der Waals surface area contributed by atoms with E-state index < -0.39 is 18.3 Å². The maximum absolute atomic E-state index is 12.5. The molecule has 1 aromatic rings. The van der Waals surface area contributed by atoms with Crippen LogP contribution in [-0.2, 0) is 20.7 Å². The molecule has 1 aromatic carbocycles. The van der Waals surface area contributed by atoms with Crippen LogP contribution >= 0.6 is 0 Å². The monoisotopic (exact) mass is 312 g/mol. The first kappa shape index (κ1) is 16.4. The number of halogens is 2. The van der Waals surface area contributed by atoms with E-state index in [9.17, 15) is 13.6 Å². The van der Waals surface area contributed by atoms with Crippen molar-refractivity contribution in [3.63, 3.8) is 0 Å². The number of ether oxygens (including phenoxy) is 3.